The number of aromatic amines is 1. The zero-order valence-electron chi connectivity index (χ0n) is 7.77. The van der Waals surface area contributed by atoms with E-state index in [4.69, 9.17) is 11.6 Å². The molecule has 2 rings (SSSR count). The Hall–Kier alpha value is 0.304. The van der Waals surface area contributed by atoms with E-state index in [2.05, 4.69) is 10.4 Å². The monoisotopic (exact) mass is 317 g/mol. The van der Waals surface area contributed by atoms with Crippen LogP contribution in [0.3, 0.4) is 0 Å². The van der Waals surface area contributed by atoms with Crippen molar-refractivity contribution < 1.29 is 32.7 Å². The minimum absolute atomic E-state index is 0. The van der Waals surface area contributed by atoms with Gasteiger partial charge in [0.05, 0.1) is 0 Å². The van der Waals surface area contributed by atoms with Crippen molar-refractivity contribution in [1.29, 1.82) is 0 Å². The van der Waals surface area contributed by atoms with Gasteiger partial charge in [-0.25, -0.2) is 0 Å². The molecule has 2 aromatic rings. The van der Waals surface area contributed by atoms with Gasteiger partial charge in [-0.15, -0.1) is 10.3 Å². The van der Waals surface area contributed by atoms with Gasteiger partial charge in [-0.05, 0) is 11.9 Å². The van der Waals surface area contributed by atoms with Crippen molar-refractivity contribution in [3.05, 3.63) is 31.2 Å². The Kier molecular flexibility index (Phi) is 5.69. The van der Waals surface area contributed by atoms with Gasteiger partial charge in [-0.2, -0.15) is 0 Å². The van der Waals surface area contributed by atoms with Crippen LogP contribution in [0.15, 0.2) is 4.79 Å². The molecule has 0 bridgehead atoms. The molecule has 15 heavy (non-hydrogen) atoms. The zero-order chi connectivity index (χ0) is 9.59. The molecule has 79 valence electrons. The van der Waals surface area contributed by atoms with Gasteiger partial charge in [-0.1, -0.05) is 36.8 Å². The topological polar surface area (TPSA) is 32.9 Å². The summed E-state index contributed by atoms with van der Waals surface area (Å²) in [6, 6.07) is 0. The standard InChI is InChI=1S/C9H7ClNOS.CH4.Y/c1-4-8(10)7-5(2)13-3-6(7)11-9(4)12;;/h1-2H3,(H,11,12);1H4;/q-1;;. The van der Waals surface area contributed by atoms with E-state index in [-0.39, 0.29) is 45.7 Å². The third-order valence-corrected chi connectivity index (χ3v) is 3.33. The minimum atomic E-state index is -0.133. The molecule has 2 heterocycles. The maximum absolute atomic E-state index is 11.3. The summed E-state index contributed by atoms with van der Waals surface area (Å²) in [4.78, 5) is 15.1. The van der Waals surface area contributed by atoms with E-state index in [9.17, 15) is 4.79 Å². The number of halogens is 1. The van der Waals surface area contributed by atoms with Crippen molar-refractivity contribution in [2.24, 2.45) is 0 Å². The SMILES string of the molecule is C.Cc1c(Cl)c2c(C)s[c-]c2[nH]c1=O.[Y]. The molecular weight excluding hydrogens is 307 g/mol. The summed E-state index contributed by atoms with van der Waals surface area (Å²) in [7, 11) is 0. The van der Waals surface area contributed by atoms with E-state index in [0.717, 1.165) is 10.3 Å². The summed E-state index contributed by atoms with van der Waals surface area (Å²) in [6.45, 7) is 3.69. The second kappa shape index (κ2) is 5.58. The number of thiophene rings is 1. The molecule has 5 heteroatoms. The molecule has 0 aliphatic rings. The number of aryl methyl sites for hydroxylation is 1. The second-order valence-electron chi connectivity index (χ2n) is 2.90. The molecular formula is C10H11ClNOSY-. The fraction of sp³-hybridized carbons (Fsp3) is 0.300. The molecule has 0 saturated heterocycles. The molecule has 0 unspecified atom stereocenters. The van der Waals surface area contributed by atoms with Crippen LogP contribution < -0.4 is 5.56 Å². The van der Waals surface area contributed by atoms with E-state index in [0.29, 0.717) is 16.1 Å². The number of hydrogen-bond donors (Lipinski definition) is 1. The van der Waals surface area contributed by atoms with Gasteiger partial charge in [0.2, 0.25) is 5.56 Å². The van der Waals surface area contributed by atoms with Crippen LogP contribution in [0.4, 0.5) is 0 Å². The van der Waals surface area contributed by atoms with Crippen LogP contribution in [0.1, 0.15) is 17.9 Å². The summed E-state index contributed by atoms with van der Waals surface area (Å²) >= 11 is 7.51. The van der Waals surface area contributed by atoms with Gasteiger partial charge >= 0.3 is 0 Å². The molecule has 0 atom stereocenters. The first-order valence-corrected chi connectivity index (χ1v) is 5.00. The van der Waals surface area contributed by atoms with Gasteiger partial charge in [0, 0.05) is 38.3 Å². The Labute approximate surface area is 123 Å². The van der Waals surface area contributed by atoms with Crippen LogP contribution >= 0.6 is 22.9 Å². The number of nitrogens with one attached hydrogen (secondary N) is 1. The molecule has 0 fully saturated rings. The number of fused-ring (bicyclic) bond motifs is 1. The summed E-state index contributed by atoms with van der Waals surface area (Å²) < 4.78 is 0. The van der Waals surface area contributed by atoms with Gasteiger partial charge in [-0.3, -0.25) is 16.1 Å². The molecule has 2 aromatic heterocycles. The molecule has 0 spiro atoms. The van der Waals surface area contributed by atoms with Crippen molar-refractivity contribution in [3.8, 4) is 0 Å². The third-order valence-electron chi connectivity index (χ3n) is 2.04. The van der Waals surface area contributed by atoms with Crippen molar-refractivity contribution in [2.45, 2.75) is 21.3 Å². The summed E-state index contributed by atoms with van der Waals surface area (Å²) in [6.07, 6.45) is 0. The number of aromatic nitrogens is 1. The van der Waals surface area contributed by atoms with E-state index >= 15 is 0 Å². The Bertz CT molecular complexity index is 532. The number of pyridine rings is 1. The van der Waals surface area contributed by atoms with Crippen molar-refractivity contribution in [1.82, 2.24) is 4.98 Å². The maximum atomic E-state index is 11.3. The molecule has 1 N–H and O–H groups in total. The van der Waals surface area contributed by atoms with Crippen LogP contribution in [-0.2, 0) is 32.7 Å². The van der Waals surface area contributed by atoms with Gasteiger partial charge < -0.3 is 4.98 Å². The smallest absolute Gasteiger partial charge is 0.249 e. The summed E-state index contributed by atoms with van der Waals surface area (Å²) in [5.74, 6) is 0. The van der Waals surface area contributed by atoms with Crippen molar-refractivity contribution >= 4 is 33.8 Å². The molecule has 1 radical (unpaired) electrons. The maximum Gasteiger partial charge on any atom is 0.249 e. The Balaban J connectivity index is 0.000000980. The van der Waals surface area contributed by atoms with Crippen molar-refractivity contribution in [2.75, 3.05) is 0 Å². The molecule has 0 saturated carbocycles. The van der Waals surface area contributed by atoms with Crippen molar-refractivity contribution in [3.63, 3.8) is 0 Å². The Morgan fingerprint density at radius 1 is 1.40 bits per heavy atom. The Morgan fingerprint density at radius 2 is 2.00 bits per heavy atom. The largest absolute Gasteiger partial charge is 0.345 e. The van der Waals surface area contributed by atoms with E-state index in [1.165, 1.54) is 11.3 Å². The predicted octanol–water partition coefficient (Wildman–Crippen LogP) is 3.29. The number of H-pyrrole nitrogens is 1. The van der Waals surface area contributed by atoms with E-state index < -0.39 is 0 Å². The number of rotatable bonds is 0. The summed E-state index contributed by atoms with van der Waals surface area (Å²) in [5, 5.41) is 4.47. The number of hydrogen-bond acceptors (Lipinski definition) is 2. The zero-order valence-corrected chi connectivity index (χ0v) is 12.2. The fourth-order valence-corrected chi connectivity index (χ4v) is 2.34. The Morgan fingerprint density at radius 3 is 2.60 bits per heavy atom. The third kappa shape index (κ3) is 2.52. The van der Waals surface area contributed by atoms with E-state index in [1.807, 2.05) is 6.92 Å². The second-order valence-corrected chi connectivity index (χ2v) is 4.30. The quantitative estimate of drug-likeness (QED) is 0.743. The first-order chi connectivity index (χ1) is 6.11. The van der Waals surface area contributed by atoms with Crippen LogP contribution in [0.5, 0.6) is 0 Å². The normalized spacial score (nSPS) is 9.53. The van der Waals surface area contributed by atoms with Gasteiger partial charge in [0.15, 0.2) is 0 Å². The molecule has 0 aromatic carbocycles. The van der Waals surface area contributed by atoms with Crippen LogP contribution in [0.25, 0.3) is 10.9 Å². The van der Waals surface area contributed by atoms with Crippen LogP contribution in [0, 0.1) is 19.2 Å². The first kappa shape index (κ1) is 15.3. The van der Waals surface area contributed by atoms with Gasteiger partial charge in [0.1, 0.15) is 0 Å². The van der Waals surface area contributed by atoms with E-state index in [1.54, 1.807) is 6.92 Å². The van der Waals surface area contributed by atoms with Crippen LogP contribution in [0.2, 0.25) is 5.02 Å². The first-order valence-electron chi connectivity index (χ1n) is 3.80. The van der Waals surface area contributed by atoms with Crippen LogP contribution in [-0.4, -0.2) is 4.98 Å². The molecule has 0 aliphatic heterocycles. The summed E-state index contributed by atoms with van der Waals surface area (Å²) in [5.41, 5.74) is 1.15. The van der Waals surface area contributed by atoms with Gasteiger partial charge in [0.25, 0.3) is 0 Å². The fourth-order valence-electron chi connectivity index (χ4n) is 1.25. The predicted molar refractivity (Wildman–Crippen MR) is 62.5 cm³/mol. The minimum Gasteiger partial charge on any atom is -0.345 e. The molecule has 0 amide bonds. The average molecular weight is 318 g/mol. The molecule has 0 aliphatic carbocycles. The average Bonchev–Trinajstić information content (AvgIpc) is 2.43. The molecule has 2 nitrogen and oxygen atoms in total.